The van der Waals surface area contributed by atoms with E-state index in [4.69, 9.17) is 28.4 Å². The Bertz CT molecular complexity index is 925. The van der Waals surface area contributed by atoms with Gasteiger partial charge in [-0.05, 0) is 0 Å². The Labute approximate surface area is 231 Å². The fraction of sp³-hybridized carbons (Fsp3) is 0.909. The second-order valence-electron chi connectivity index (χ2n) is 10.2. The molecule has 19 heteroatoms. The van der Waals surface area contributed by atoms with Crippen molar-refractivity contribution < 1.29 is 89.1 Å². The quantitative estimate of drug-likeness (QED) is 0.115. The van der Waals surface area contributed by atoms with E-state index < -0.39 is 130 Å². The summed E-state index contributed by atoms with van der Waals surface area (Å²) in [6, 6.07) is -1.63. The summed E-state index contributed by atoms with van der Waals surface area (Å²) in [6.07, 6.45) is -23.8. The van der Waals surface area contributed by atoms with Gasteiger partial charge in [-0.1, -0.05) is 0 Å². The van der Waals surface area contributed by atoms with E-state index in [0.717, 1.165) is 0 Å². The fourth-order valence-electron chi connectivity index (χ4n) is 5.35. The lowest BCUT2D eigenvalue weighted by molar-refractivity contribution is -0.401. The van der Waals surface area contributed by atoms with E-state index in [9.17, 15) is 60.7 Å². The summed E-state index contributed by atoms with van der Waals surface area (Å²) in [7, 11) is 0. The van der Waals surface area contributed by atoms with Crippen molar-refractivity contribution in [1.82, 2.24) is 5.32 Å². The van der Waals surface area contributed by atoms with Crippen LogP contribution in [-0.2, 0) is 33.2 Å². The number of hydrogen-bond donors (Lipinski definition) is 11. The van der Waals surface area contributed by atoms with Gasteiger partial charge in [0.15, 0.2) is 12.4 Å². The van der Waals surface area contributed by atoms with Gasteiger partial charge >= 0.3 is 12.1 Å². The Morgan fingerprint density at radius 1 is 1.00 bits per heavy atom. The number of aliphatic hydroxyl groups excluding tert-OH is 9. The highest BCUT2D eigenvalue weighted by molar-refractivity contribution is 5.79. The zero-order valence-electron chi connectivity index (χ0n) is 21.4. The molecule has 4 rings (SSSR count). The first-order chi connectivity index (χ1) is 19.4. The first-order valence-corrected chi connectivity index (χ1v) is 12.8. The van der Waals surface area contributed by atoms with E-state index in [2.05, 4.69) is 0 Å². The van der Waals surface area contributed by atoms with Gasteiger partial charge in [0.2, 0.25) is 0 Å². The van der Waals surface area contributed by atoms with Gasteiger partial charge in [-0.15, -0.1) is 0 Å². The van der Waals surface area contributed by atoms with Crippen molar-refractivity contribution in [2.75, 3.05) is 26.4 Å². The third-order valence-electron chi connectivity index (χ3n) is 7.51. The van der Waals surface area contributed by atoms with E-state index in [-0.39, 0.29) is 6.61 Å². The number of carbonyl (C=O) groups excluding carboxylic acids is 1. The summed E-state index contributed by atoms with van der Waals surface area (Å²) in [5.41, 5.74) is 0. The molecule has 4 aliphatic heterocycles. The van der Waals surface area contributed by atoms with Crippen molar-refractivity contribution in [2.45, 2.75) is 97.8 Å². The molecule has 15 atom stereocenters. The molecule has 0 bridgehead atoms. The van der Waals surface area contributed by atoms with Crippen molar-refractivity contribution in [3.05, 3.63) is 0 Å². The summed E-state index contributed by atoms with van der Waals surface area (Å²) in [6.45, 7) is -2.77. The van der Waals surface area contributed by atoms with Crippen LogP contribution in [0.4, 0.5) is 4.79 Å². The molecule has 0 aromatic rings. The first-order valence-electron chi connectivity index (χ1n) is 12.8. The second-order valence-corrected chi connectivity index (χ2v) is 10.2. The molecule has 236 valence electrons. The van der Waals surface area contributed by atoms with E-state index in [1.54, 1.807) is 0 Å². The Kier molecular flexibility index (Phi) is 10.0. The molecule has 0 saturated carbocycles. The highest BCUT2D eigenvalue weighted by atomic mass is 16.8. The topological polar surface area (TPSA) is 304 Å². The van der Waals surface area contributed by atoms with Gasteiger partial charge in [0.25, 0.3) is 5.79 Å². The summed E-state index contributed by atoms with van der Waals surface area (Å²) >= 11 is 0. The van der Waals surface area contributed by atoms with Crippen LogP contribution in [0, 0.1) is 0 Å². The largest absolute Gasteiger partial charge is 0.465 e. The molecule has 1 amide bonds. The highest BCUT2D eigenvalue weighted by Gasteiger charge is 2.64. The number of aliphatic hydroxyl groups is 9. The number of amides is 1. The lowest BCUT2D eigenvalue weighted by Gasteiger charge is -2.54. The Hall–Kier alpha value is -1.82. The maximum atomic E-state index is 13.2. The average Bonchev–Trinajstić information content (AvgIpc) is 2.94. The molecule has 0 aliphatic carbocycles. The molecule has 1 spiro atoms. The molecular weight excluding hydrogens is 566 g/mol. The first kappa shape index (κ1) is 32.1. The van der Waals surface area contributed by atoms with Crippen LogP contribution >= 0.6 is 0 Å². The molecule has 0 radical (unpaired) electrons. The van der Waals surface area contributed by atoms with Crippen LogP contribution in [0.2, 0.25) is 0 Å². The number of rotatable bonds is 8. The Balaban J connectivity index is 1.61. The smallest absolute Gasteiger partial charge is 0.405 e. The summed E-state index contributed by atoms with van der Waals surface area (Å²) in [4.78, 5) is 24.5. The molecule has 41 heavy (non-hydrogen) atoms. The van der Waals surface area contributed by atoms with Gasteiger partial charge in [0.1, 0.15) is 61.0 Å². The van der Waals surface area contributed by atoms with Crippen LogP contribution in [0.3, 0.4) is 0 Å². The molecule has 4 aliphatic rings. The third-order valence-corrected chi connectivity index (χ3v) is 7.51. The van der Waals surface area contributed by atoms with Crippen LogP contribution in [0.25, 0.3) is 0 Å². The Morgan fingerprint density at radius 2 is 1.68 bits per heavy atom. The zero-order valence-corrected chi connectivity index (χ0v) is 21.4. The number of hydrogen-bond acceptors (Lipinski definition) is 17. The van der Waals surface area contributed by atoms with Crippen molar-refractivity contribution in [3.8, 4) is 0 Å². The molecule has 19 nitrogen and oxygen atoms in total. The summed E-state index contributed by atoms with van der Waals surface area (Å²) < 4.78 is 33.2. The van der Waals surface area contributed by atoms with Crippen molar-refractivity contribution >= 4 is 12.1 Å². The number of esters is 1. The zero-order chi connectivity index (χ0) is 30.2. The van der Waals surface area contributed by atoms with Crippen LogP contribution < -0.4 is 5.32 Å². The summed E-state index contributed by atoms with van der Waals surface area (Å²) in [5, 5.41) is 103. The molecule has 11 N–H and O–H groups in total. The molecule has 4 heterocycles. The van der Waals surface area contributed by atoms with Crippen molar-refractivity contribution in [2.24, 2.45) is 0 Å². The summed E-state index contributed by atoms with van der Waals surface area (Å²) in [5.74, 6) is -3.91. The highest BCUT2D eigenvalue weighted by Crippen LogP contribution is 2.42. The SMILES string of the molecule is O=C(O)N[C@H]1C([C@@H](O)[C@@H](O)CO)OC2(C[C@@H]1O)OC1C(OC2=O)[C@@H](CO)O[C@@H](O[C@H]2[C@@H](O)[C@@H](O)CO[C@H]2CO)[C@@H]1O. The molecule has 4 saturated heterocycles. The minimum Gasteiger partial charge on any atom is -0.465 e. The van der Waals surface area contributed by atoms with E-state index in [1.807, 2.05) is 5.32 Å². The van der Waals surface area contributed by atoms with Crippen LogP contribution in [0.1, 0.15) is 6.42 Å². The molecule has 4 unspecified atom stereocenters. The van der Waals surface area contributed by atoms with Gasteiger partial charge in [-0.25, -0.2) is 9.59 Å². The van der Waals surface area contributed by atoms with E-state index in [1.165, 1.54) is 0 Å². The van der Waals surface area contributed by atoms with Crippen molar-refractivity contribution in [1.29, 1.82) is 0 Å². The average molecular weight is 602 g/mol. The second kappa shape index (κ2) is 12.8. The van der Waals surface area contributed by atoms with Crippen LogP contribution in [-0.4, -0.2) is 181 Å². The minimum atomic E-state index is -2.60. The predicted molar refractivity (Wildman–Crippen MR) is 122 cm³/mol. The van der Waals surface area contributed by atoms with Gasteiger partial charge in [0.05, 0.1) is 38.6 Å². The van der Waals surface area contributed by atoms with Crippen LogP contribution in [0.15, 0.2) is 0 Å². The maximum Gasteiger partial charge on any atom is 0.405 e. The number of carbonyl (C=O) groups is 2. The van der Waals surface area contributed by atoms with Gasteiger partial charge < -0.3 is 84.8 Å². The van der Waals surface area contributed by atoms with Gasteiger partial charge in [-0.2, -0.15) is 0 Å². The fourth-order valence-corrected chi connectivity index (χ4v) is 5.35. The lowest BCUT2D eigenvalue weighted by atomic mass is 9.87. The molecule has 0 aromatic heterocycles. The minimum absolute atomic E-state index is 0.318. The van der Waals surface area contributed by atoms with E-state index >= 15 is 0 Å². The van der Waals surface area contributed by atoms with E-state index in [0.29, 0.717) is 0 Å². The third kappa shape index (κ3) is 6.15. The molecular formula is C22H35NO18. The van der Waals surface area contributed by atoms with Crippen molar-refractivity contribution in [3.63, 3.8) is 0 Å². The lowest BCUT2D eigenvalue weighted by Crippen LogP contribution is -2.74. The van der Waals surface area contributed by atoms with Gasteiger partial charge in [0, 0.05) is 6.42 Å². The maximum absolute atomic E-state index is 13.2. The number of nitrogens with one attached hydrogen (secondary N) is 1. The predicted octanol–water partition coefficient (Wildman–Crippen LogP) is -6.93. The normalized spacial score (nSPS) is 46.3. The standard InChI is InChI=1S/C22H35NO18/c24-2-7(28)12(30)17-11(23-21(34)35)6(27)1-22(40-17)20(33)39-16-10(4-26)37-19(14(32)18(16)41-22)38-15-9(3-25)36-5-8(29)13(15)31/h6-19,23-32H,1-5H2,(H,34,35)/t6-,7-,8-,9-,10+,11+,12-,13-,14+,15+,16?,17?,18?,19-,22?/m0/s1. The number of fused-ring (bicyclic) bond motifs is 1. The molecule has 4 fully saturated rings. The Morgan fingerprint density at radius 3 is 2.29 bits per heavy atom. The van der Waals surface area contributed by atoms with Gasteiger partial charge in [-0.3, -0.25) is 0 Å². The van der Waals surface area contributed by atoms with Crippen LogP contribution in [0.5, 0.6) is 0 Å². The molecule has 0 aromatic carbocycles. The monoisotopic (exact) mass is 601 g/mol. The number of carboxylic acid groups (broad SMARTS) is 1. The number of ether oxygens (including phenoxy) is 6.